The van der Waals surface area contributed by atoms with Crippen LogP contribution in [0.2, 0.25) is 0 Å². The van der Waals surface area contributed by atoms with Gasteiger partial charge in [0.15, 0.2) is 5.96 Å². The van der Waals surface area contributed by atoms with E-state index in [2.05, 4.69) is 22.4 Å². The number of hydrogen-bond donors (Lipinski definition) is 2. The molecular weight excluding hydrogens is 262 g/mol. The van der Waals surface area contributed by atoms with Crippen LogP contribution in [0.3, 0.4) is 0 Å². The lowest BCUT2D eigenvalue weighted by Gasteiger charge is -2.06. The van der Waals surface area contributed by atoms with Gasteiger partial charge in [-0.2, -0.15) is 0 Å². The molecule has 0 aliphatic carbocycles. The number of hydrogen-bond acceptors (Lipinski definition) is 2. The maximum absolute atomic E-state index is 5.88. The maximum Gasteiger partial charge on any atom is 0.193 e. The quantitative estimate of drug-likeness (QED) is 0.669. The van der Waals surface area contributed by atoms with Gasteiger partial charge in [-0.3, -0.25) is 4.99 Å². The molecule has 0 radical (unpaired) electrons. The maximum atomic E-state index is 5.88. The minimum Gasteiger partial charge on any atom is -0.493 e. The van der Waals surface area contributed by atoms with Gasteiger partial charge in [0, 0.05) is 18.7 Å². The van der Waals surface area contributed by atoms with E-state index in [4.69, 9.17) is 10.5 Å². The summed E-state index contributed by atoms with van der Waals surface area (Å²) in [6, 6.07) is 16.2. The molecule has 1 aliphatic heterocycles. The minimum absolute atomic E-state index is 0.450. The van der Waals surface area contributed by atoms with Crippen LogP contribution in [-0.4, -0.2) is 19.1 Å². The van der Waals surface area contributed by atoms with Crippen LogP contribution in [0, 0.1) is 0 Å². The first kappa shape index (κ1) is 13.5. The number of nitrogens with one attached hydrogen (secondary N) is 1. The van der Waals surface area contributed by atoms with Crippen molar-refractivity contribution in [1.82, 2.24) is 0 Å². The Labute approximate surface area is 124 Å². The highest BCUT2D eigenvalue weighted by molar-refractivity contribution is 5.92. The second-order valence-corrected chi connectivity index (χ2v) is 5.05. The normalized spacial score (nSPS) is 13.6. The van der Waals surface area contributed by atoms with E-state index in [0.717, 1.165) is 30.9 Å². The third-order valence-corrected chi connectivity index (χ3v) is 3.48. The molecule has 4 heteroatoms. The summed E-state index contributed by atoms with van der Waals surface area (Å²) in [7, 11) is 0. The number of ether oxygens (including phenoxy) is 1. The van der Waals surface area contributed by atoms with Crippen LogP contribution in [0.5, 0.6) is 5.75 Å². The molecule has 2 aromatic carbocycles. The van der Waals surface area contributed by atoms with E-state index in [-0.39, 0.29) is 0 Å². The SMILES string of the molecule is NC(=NCCc1ccc2c(c1)CCO2)Nc1ccccc1. The topological polar surface area (TPSA) is 59.6 Å². The first-order valence-corrected chi connectivity index (χ1v) is 7.18. The molecular formula is C17H19N3O. The molecule has 0 atom stereocenters. The number of rotatable bonds is 4. The molecule has 4 nitrogen and oxygen atoms in total. The average Bonchev–Trinajstić information content (AvgIpc) is 2.96. The predicted octanol–water partition coefficient (Wildman–Crippen LogP) is 2.59. The molecule has 1 heterocycles. The van der Waals surface area contributed by atoms with Crippen LogP contribution >= 0.6 is 0 Å². The summed E-state index contributed by atoms with van der Waals surface area (Å²) < 4.78 is 5.50. The Bertz CT molecular complexity index is 638. The molecule has 21 heavy (non-hydrogen) atoms. The Morgan fingerprint density at radius 3 is 2.90 bits per heavy atom. The van der Waals surface area contributed by atoms with Crippen molar-refractivity contribution in [2.45, 2.75) is 12.8 Å². The van der Waals surface area contributed by atoms with Crippen molar-refractivity contribution in [3.63, 3.8) is 0 Å². The molecule has 0 amide bonds. The van der Waals surface area contributed by atoms with Crippen molar-refractivity contribution in [1.29, 1.82) is 0 Å². The Kier molecular flexibility index (Phi) is 4.05. The fraction of sp³-hybridized carbons (Fsp3) is 0.235. The van der Waals surface area contributed by atoms with Gasteiger partial charge in [0.25, 0.3) is 0 Å². The summed E-state index contributed by atoms with van der Waals surface area (Å²) in [5, 5.41) is 3.08. The van der Waals surface area contributed by atoms with Crippen LogP contribution in [0.25, 0.3) is 0 Å². The summed E-state index contributed by atoms with van der Waals surface area (Å²) in [5.74, 6) is 1.47. The molecule has 0 bridgehead atoms. The average molecular weight is 281 g/mol. The smallest absolute Gasteiger partial charge is 0.193 e. The summed E-state index contributed by atoms with van der Waals surface area (Å²) in [4.78, 5) is 4.36. The van der Waals surface area contributed by atoms with E-state index in [1.54, 1.807) is 0 Å². The Hall–Kier alpha value is -2.49. The van der Waals surface area contributed by atoms with Gasteiger partial charge < -0.3 is 15.8 Å². The second kappa shape index (κ2) is 6.31. The summed E-state index contributed by atoms with van der Waals surface area (Å²) in [6.45, 7) is 1.47. The number of para-hydroxylation sites is 1. The molecule has 1 aliphatic rings. The van der Waals surface area contributed by atoms with Crippen LogP contribution in [0.15, 0.2) is 53.5 Å². The van der Waals surface area contributed by atoms with Gasteiger partial charge in [-0.25, -0.2) is 0 Å². The van der Waals surface area contributed by atoms with Crippen LogP contribution in [0.1, 0.15) is 11.1 Å². The Balaban J connectivity index is 1.54. The largest absolute Gasteiger partial charge is 0.493 e. The number of benzene rings is 2. The molecule has 2 aromatic rings. The molecule has 0 saturated carbocycles. The number of nitrogens with two attached hydrogens (primary N) is 1. The van der Waals surface area contributed by atoms with Gasteiger partial charge in [0.2, 0.25) is 0 Å². The van der Waals surface area contributed by atoms with Gasteiger partial charge >= 0.3 is 0 Å². The highest BCUT2D eigenvalue weighted by Crippen LogP contribution is 2.25. The highest BCUT2D eigenvalue weighted by Gasteiger charge is 2.11. The van der Waals surface area contributed by atoms with Gasteiger partial charge in [0.05, 0.1) is 6.61 Å². The molecule has 3 rings (SSSR count). The zero-order chi connectivity index (χ0) is 14.5. The van der Waals surface area contributed by atoms with Crippen molar-refractivity contribution in [3.05, 3.63) is 59.7 Å². The Morgan fingerprint density at radius 2 is 2.05 bits per heavy atom. The number of nitrogens with zero attached hydrogens (tertiary/aromatic N) is 1. The summed E-state index contributed by atoms with van der Waals surface area (Å²) in [5.41, 5.74) is 9.40. The molecule has 0 spiro atoms. The van der Waals surface area contributed by atoms with E-state index in [1.165, 1.54) is 11.1 Å². The van der Waals surface area contributed by atoms with Crippen molar-refractivity contribution in [3.8, 4) is 5.75 Å². The predicted molar refractivity (Wildman–Crippen MR) is 85.9 cm³/mol. The van der Waals surface area contributed by atoms with Crippen molar-refractivity contribution < 1.29 is 4.74 Å². The second-order valence-electron chi connectivity index (χ2n) is 5.05. The molecule has 3 N–H and O–H groups in total. The Morgan fingerprint density at radius 1 is 1.19 bits per heavy atom. The fourth-order valence-electron chi connectivity index (χ4n) is 2.41. The first-order chi connectivity index (χ1) is 10.3. The molecule has 0 unspecified atom stereocenters. The van der Waals surface area contributed by atoms with Crippen molar-refractivity contribution in [2.24, 2.45) is 10.7 Å². The highest BCUT2D eigenvalue weighted by atomic mass is 16.5. The van der Waals surface area contributed by atoms with E-state index < -0.39 is 0 Å². The molecule has 0 aromatic heterocycles. The third-order valence-electron chi connectivity index (χ3n) is 3.48. The number of aliphatic imine (C=N–C) groups is 1. The molecule has 0 saturated heterocycles. The van der Waals surface area contributed by atoms with E-state index >= 15 is 0 Å². The van der Waals surface area contributed by atoms with Crippen LogP contribution < -0.4 is 15.8 Å². The van der Waals surface area contributed by atoms with E-state index in [9.17, 15) is 0 Å². The van der Waals surface area contributed by atoms with Crippen molar-refractivity contribution in [2.75, 3.05) is 18.5 Å². The lowest BCUT2D eigenvalue weighted by molar-refractivity contribution is 0.357. The van der Waals surface area contributed by atoms with Gasteiger partial charge in [-0.05, 0) is 35.7 Å². The minimum atomic E-state index is 0.450. The van der Waals surface area contributed by atoms with Crippen LogP contribution in [-0.2, 0) is 12.8 Å². The zero-order valence-electron chi connectivity index (χ0n) is 11.9. The zero-order valence-corrected chi connectivity index (χ0v) is 11.9. The number of anilines is 1. The lowest BCUT2D eigenvalue weighted by atomic mass is 10.1. The molecule has 108 valence electrons. The summed E-state index contributed by atoms with van der Waals surface area (Å²) >= 11 is 0. The number of fused-ring (bicyclic) bond motifs is 1. The van der Waals surface area contributed by atoms with E-state index in [0.29, 0.717) is 12.5 Å². The molecule has 0 fully saturated rings. The number of guanidine groups is 1. The third kappa shape index (κ3) is 3.54. The monoisotopic (exact) mass is 281 g/mol. The van der Waals surface area contributed by atoms with Crippen molar-refractivity contribution >= 4 is 11.6 Å². The standard InChI is InChI=1S/C17H19N3O/c18-17(20-15-4-2-1-3-5-15)19-10-8-13-6-7-16-14(12-13)9-11-21-16/h1-7,12H,8-11H2,(H3,18,19,20). The van der Waals surface area contributed by atoms with E-state index in [1.807, 2.05) is 36.4 Å². The van der Waals surface area contributed by atoms with Gasteiger partial charge in [-0.15, -0.1) is 0 Å². The van der Waals surface area contributed by atoms with Crippen LogP contribution in [0.4, 0.5) is 5.69 Å². The first-order valence-electron chi connectivity index (χ1n) is 7.18. The fourth-order valence-corrected chi connectivity index (χ4v) is 2.41. The lowest BCUT2D eigenvalue weighted by Crippen LogP contribution is -2.23. The van der Waals surface area contributed by atoms with Gasteiger partial charge in [0.1, 0.15) is 5.75 Å². The summed E-state index contributed by atoms with van der Waals surface area (Å²) in [6.07, 6.45) is 1.88. The van der Waals surface area contributed by atoms with Gasteiger partial charge in [-0.1, -0.05) is 30.3 Å².